The minimum absolute atomic E-state index is 0.116. The van der Waals surface area contributed by atoms with Gasteiger partial charge in [0.2, 0.25) is 0 Å². The number of nitrogens with one attached hydrogen (secondary N) is 2. The molecule has 9 nitrogen and oxygen atoms in total. The normalized spacial score (nSPS) is 15.6. The number of rotatable bonds is 9. The Hall–Kier alpha value is -4.40. The SMILES string of the molecule is COc1ccccc1N1CCN(c2ccc(NC(=O)c3c(OC)cccc3OC)cc2C(=O)NC2CCCCC2)CC1. The van der Waals surface area contributed by atoms with Crippen molar-refractivity contribution in [3.63, 3.8) is 0 Å². The standard InChI is InChI=1S/C33H40N4O5/c1-40-28-13-8-7-12-27(28)37-20-18-36(19-21-37)26-17-16-24(22-25(26)32(38)34-23-10-5-4-6-11-23)35-33(39)31-29(41-2)14-9-15-30(31)42-3/h7-9,12-17,22-23H,4-6,10-11,18-21H2,1-3H3,(H,34,38)(H,35,39). The number of amides is 2. The molecule has 3 aromatic rings. The van der Waals surface area contributed by atoms with Crippen molar-refractivity contribution < 1.29 is 23.8 Å². The van der Waals surface area contributed by atoms with E-state index in [2.05, 4.69) is 26.5 Å². The first-order chi connectivity index (χ1) is 20.5. The molecule has 5 rings (SSSR count). The van der Waals surface area contributed by atoms with E-state index in [4.69, 9.17) is 14.2 Å². The molecule has 2 N–H and O–H groups in total. The lowest BCUT2D eigenvalue weighted by molar-refractivity contribution is 0.0927. The fraction of sp³-hybridized carbons (Fsp3) is 0.394. The maximum absolute atomic E-state index is 13.7. The van der Waals surface area contributed by atoms with Gasteiger partial charge in [-0.05, 0) is 55.3 Å². The summed E-state index contributed by atoms with van der Waals surface area (Å²) in [6, 6.07) is 19.0. The zero-order chi connectivity index (χ0) is 29.5. The molecular weight excluding hydrogens is 532 g/mol. The predicted octanol–water partition coefficient (Wildman–Crippen LogP) is 5.35. The smallest absolute Gasteiger partial charge is 0.263 e. The number of carbonyl (C=O) groups excluding carboxylic acids is 2. The molecule has 1 saturated carbocycles. The fourth-order valence-corrected chi connectivity index (χ4v) is 5.93. The van der Waals surface area contributed by atoms with Crippen LogP contribution in [-0.4, -0.2) is 65.4 Å². The van der Waals surface area contributed by atoms with E-state index < -0.39 is 0 Å². The Labute approximate surface area is 247 Å². The Morgan fingerprint density at radius 1 is 0.690 bits per heavy atom. The van der Waals surface area contributed by atoms with E-state index >= 15 is 0 Å². The third kappa shape index (κ3) is 6.40. The molecule has 0 spiro atoms. The van der Waals surface area contributed by atoms with Crippen LogP contribution < -0.4 is 34.6 Å². The van der Waals surface area contributed by atoms with Crippen LogP contribution >= 0.6 is 0 Å². The highest BCUT2D eigenvalue weighted by Gasteiger charge is 2.26. The van der Waals surface area contributed by atoms with Crippen LogP contribution in [0.2, 0.25) is 0 Å². The second kappa shape index (κ2) is 13.5. The van der Waals surface area contributed by atoms with Crippen LogP contribution in [0.3, 0.4) is 0 Å². The highest BCUT2D eigenvalue weighted by atomic mass is 16.5. The van der Waals surface area contributed by atoms with Gasteiger partial charge in [0.1, 0.15) is 22.8 Å². The molecule has 0 radical (unpaired) electrons. The van der Waals surface area contributed by atoms with Gasteiger partial charge in [0, 0.05) is 43.6 Å². The molecule has 2 fully saturated rings. The van der Waals surface area contributed by atoms with Crippen molar-refractivity contribution in [2.75, 3.05) is 62.6 Å². The van der Waals surface area contributed by atoms with E-state index in [1.807, 2.05) is 30.3 Å². The minimum atomic E-state index is -0.374. The number of benzene rings is 3. The number of nitrogens with zero attached hydrogens (tertiary/aromatic N) is 2. The zero-order valence-electron chi connectivity index (χ0n) is 24.7. The van der Waals surface area contributed by atoms with Crippen LogP contribution in [0.5, 0.6) is 17.2 Å². The molecule has 0 aromatic heterocycles. The molecule has 1 aliphatic carbocycles. The van der Waals surface area contributed by atoms with Gasteiger partial charge >= 0.3 is 0 Å². The Morgan fingerprint density at radius 3 is 1.93 bits per heavy atom. The summed E-state index contributed by atoms with van der Waals surface area (Å²) in [6.07, 6.45) is 5.44. The first-order valence-corrected chi connectivity index (χ1v) is 14.6. The van der Waals surface area contributed by atoms with Gasteiger partial charge in [-0.3, -0.25) is 9.59 Å². The summed E-state index contributed by atoms with van der Waals surface area (Å²) >= 11 is 0. The molecule has 0 bridgehead atoms. The van der Waals surface area contributed by atoms with Gasteiger partial charge in [-0.25, -0.2) is 0 Å². The Balaban J connectivity index is 1.39. The third-order valence-corrected chi connectivity index (χ3v) is 8.14. The number of para-hydroxylation sites is 2. The van der Waals surface area contributed by atoms with Crippen LogP contribution in [0.25, 0.3) is 0 Å². The van der Waals surface area contributed by atoms with Gasteiger partial charge < -0.3 is 34.6 Å². The second-order valence-corrected chi connectivity index (χ2v) is 10.7. The van der Waals surface area contributed by atoms with Crippen molar-refractivity contribution >= 4 is 28.9 Å². The summed E-state index contributed by atoms with van der Waals surface area (Å²) < 4.78 is 16.4. The molecule has 9 heteroatoms. The highest BCUT2D eigenvalue weighted by molar-refractivity contribution is 6.09. The lowest BCUT2D eigenvalue weighted by Gasteiger charge is -2.38. The van der Waals surface area contributed by atoms with Crippen LogP contribution in [0, 0.1) is 0 Å². The molecular formula is C33H40N4O5. The molecule has 2 aliphatic rings. The van der Waals surface area contributed by atoms with E-state index in [9.17, 15) is 9.59 Å². The Morgan fingerprint density at radius 2 is 1.29 bits per heavy atom. The van der Waals surface area contributed by atoms with E-state index in [0.717, 1.165) is 69.0 Å². The monoisotopic (exact) mass is 572 g/mol. The summed E-state index contributed by atoms with van der Waals surface area (Å²) in [5, 5.41) is 6.23. The second-order valence-electron chi connectivity index (χ2n) is 10.7. The van der Waals surface area contributed by atoms with Crippen molar-refractivity contribution in [2.24, 2.45) is 0 Å². The summed E-state index contributed by atoms with van der Waals surface area (Å²) in [4.78, 5) is 31.7. The van der Waals surface area contributed by atoms with Gasteiger partial charge in [-0.15, -0.1) is 0 Å². The first kappa shape index (κ1) is 29.1. The number of carbonyl (C=O) groups is 2. The number of hydrogen-bond acceptors (Lipinski definition) is 7. The average Bonchev–Trinajstić information content (AvgIpc) is 3.04. The topological polar surface area (TPSA) is 92.4 Å². The lowest BCUT2D eigenvalue weighted by Crippen LogP contribution is -2.47. The van der Waals surface area contributed by atoms with E-state index in [1.165, 1.54) is 20.6 Å². The highest BCUT2D eigenvalue weighted by Crippen LogP contribution is 2.33. The van der Waals surface area contributed by atoms with Gasteiger partial charge in [0.15, 0.2) is 0 Å². The van der Waals surface area contributed by atoms with Crippen molar-refractivity contribution in [3.05, 3.63) is 71.8 Å². The van der Waals surface area contributed by atoms with Crippen LogP contribution in [0.4, 0.5) is 17.1 Å². The number of ether oxygens (including phenoxy) is 3. The lowest BCUT2D eigenvalue weighted by atomic mass is 9.95. The maximum atomic E-state index is 13.7. The molecule has 3 aromatic carbocycles. The number of anilines is 3. The minimum Gasteiger partial charge on any atom is -0.496 e. The van der Waals surface area contributed by atoms with Gasteiger partial charge in [-0.2, -0.15) is 0 Å². The number of hydrogen-bond donors (Lipinski definition) is 2. The average molecular weight is 573 g/mol. The molecule has 1 heterocycles. The summed E-state index contributed by atoms with van der Waals surface area (Å²) in [6.45, 7) is 3.06. The van der Waals surface area contributed by atoms with E-state index in [-0.39, 0.29) is 17.9 Å². The quantitative estimate of drug-likeness (QED) is 0.357. The van der Waals surface area contributed by atoms with Gasteiger partial charge in [-0.1, -0.05) is 37.5 Å². The molecule has 2 amide bonds. The van der Waals surface area contributed by atoms with Crippen molar-refractivity contribution in [1.82, 2.24) is 5.32 Å². The zero-order valence-corrected chi connectivity index (χ0v) is 24.7. The van der Waals surface area contributed by atoms with Gasteiger partial charge in [0.25, 0.3) is 11.8 Å². The summed E-state index contributed by atoms with van der Waals surface area (Å²) in [7, 11) is 4.72. The summed E-state index contributed by atoms with van der Waals surface area (Å²) in [5.41, 5.74) is 3.30. The Kier molecular flexibility index (Phi) is 9.36. The molecule has 1 saturated heterocycles. The maximum Gasteiger partial charge on any atom is 0.263 e. The van der Waals surface area contributed by atoms with E-state index in [1.54, 1.807) is 31.4 Å². The van der Waals surface area contributed by atoms with Crippen molar-refractivity contribution in [1.29, 1.82) is 0 Å². The molecule has 222 valence electrons. The largest absolute Gasteiger partial charge is 0.496 e. The van der Waals surface area contributed by atoms with Crippen LogP contribution in [0.15, 0.2) is 60.7 Å². The number of piperazine rings is 1. The van der Waals surface area contributed by atoms with Crippen LogP contribution in [0.1, 0.15) is 52.8 Å². The summed E-state index contributed by atoms with van der Waals surface area (Å²) in [5.74, 6) is 1.18. The number of methoxy groups -OCH3 is 3. The molecule has 0 unspecified atom stereocenters. The third-order valence-electron chi connectivity index (χ3n) is 8.14. The first-order valence-electron chi connectivity index (χ1n) is 14.6. The van der Waals surface area contributed by atoms with Gasteiger partial charge in [0.05, 0.1) is 32.6 Å². The molecule has 42 heavy (non-hydrogen) atoms. The van der Waals surface area contributed by atoms with E-state index in [0.29, 0.717) is 28.3 Å². The van der Waals surface area contributed by atoms with Crippen molar-refractivity contribution in [3.8, 4) is 17.2 Å². The predicted molar refractivity (Wildman–Crippen MR) is 166 cm³/mol. The molecule has 0 atom stereocenters. The molecule has 1 aliphatic heterocycles. The Bertz CT molecular complexity index is 1370. The van der Waals surface area contributed by atoms with Crippen molar-refractivity contribution in [2.45, 2.75) is 38.1 Å². The fourth-order valence-electron chi connectivity index (χ4n) is 5.93. The van der Waals surface area contributed by atoms with Crippen LogP contribution in [-0.2, 0) is 0 Å².